The van der Waals surface area contributed by atoms with Crippen LogP contribution in [0.3, 0.4) is 0 Å². The number of amides is 2. The Morgan fingerprint density at radius 2 is 1.77 bits per heavy atom. The molecule has 0 aromatic heterocycles. The largest absolute Gasteiger partial charge is 0.328 e. The zero-order valence-electron chi connectivity index (χ0n) is 12.8. The highest BCUT2D eigenvalue weighted by Crippen LogP contribution is 2.46. The van der Waals surface area contributed by atoms with Gasteiger partial charge in [-0.3, -0.25) is 4.90 Å². The molecule has 1 fully saturated rings. The average molecular weight is 292 g/mol. The van der Waals surface area contributed by atoms with Crippen LogP contribution in [0.25, 0.3) is 0 Å². The van der Waals surface area contributed by atoms with Crippen molar-refractivity contribution in [3.8, 4) is 0 Å². The minimum absolute atomic E-state index is 0.0267. The molecular weight excluding hydrogens is 272 g/mol. The van der Waals surface area contributed by atoms with E-state index in [0.29, 0.717) is 0 Å². The Balaban J connectivity index is 1.59. The van der Waals surface area contributed by atoms with E-state index >= 15 is 0 Å². The lowest BCUT2D eigenvalue weighted by Crippen LogP contribution is -2.47. The Morgan fingerprint density at radius 3 is 2.50 bits per heavy atom. The minimum atomic E-state index is -0.157. The summed E-state index contributed by atoms with van der Waals surface area (Å²) < 4.78 is 0. The number of anilines is 1. The van der Waals surface area contributed by atoms with E-state index in [-0.39, 0.29) is 17.6 Å². The van der Waals surface area contributed by atoms with Crippen LogP contribution in [0.2, 0.25) is 0 Å². The number of carbonyl (C=O) groups is 1. The van der Waals surface area contributed by atoms with Crippen LogP contribution in [0.1, 0.15) is 30.9 Å². The van der Waals surface area contributed by atoms with Crippen molar-refractivity contribution in [3.05, 3.63) is 65.7 Å². The maximum absolute atomic E-state index is 12.9. The van der Waals surface area contributed by atoms with Gasteiger partial charge in [-0.25, -0.2) is 4.79 Å². The topological polar surface area (TPSA) is 32.3 Å². The van der Waals surface area contributed by atoms with E-state index in [1.165, 1.54) is 11.1 Å². The highest BCUT2D eigenvalue weighted by Gasteiger charge is 2.47. The summed E-state index contributed by atoms with van der Waals surface area (Å²) in [5, 5.41) is 3.28. The molecule has 0 spiro atoms. The first kappa shape index (κ1) is 13.4. The zero-order valence-corrected chi connectivity index (χ0v) is 12.8. The van der Waals surface area contributed by atoms with Gasteiger partial charge in [0.2, 0.25) is 0 Å². The molecule has 1 aliphatic carbocycles. The number of carbonyl (C=O) groups excluding carboxylic acids is 1. The third-order valence-corrected chi connectivity index (χ3v) is 4.85. The molecule has 0 radical (unpaired) electrons. The van der Waals surface area contributed by atoms with Crippen LogP contribution >= 0.6 is 0 Å². The molecule has 0 saturated heterocycles. The minimum Gasteiger partial charge on any atom is -0.328 e. The SMILES string of the molecule is CC1Cc2ccccc2N1C(=O)NC1(c2ccccc2)CC1. The first-order chi connectivity index (χ1) is 10.7. The van der Waals surface area contributed by atoms with Crippen LogP contribution in [0.15, 0.2) is 54.6 Å². The molecule has 22 heavy (non-hydrogen) atoms. The summed E-state index contributed by atoms with van der Waals surface area (Å²) in [6.45, 7) is 2.11. The summed E-state index contributed by atoms with van der Waals surface area (Å²) in [7, 11) is 0. The molecule has 2 aromatic rings. The van der Waals surface area contributed by atoms with Gasteiger partial charge in [-0.2, -0.15) is 0 Å². The van der Waals surface area contributed by atoms with Crippen molar-refractivity contribution < 1.29 is 4.79 Å². The lowest BCUT2D eigenvalue weighted by Gasteiger charge is -2.27. The molecule has 3 heteroatoms. The van der Waals surface area contributed by atoms with E-state index in [4.69, 9.17) is 0 Å². The summed E-state index contributed by atoms with van der Waals surface area (Å²) in [6.07, 6.45) is 2.97. The highest BCUT2D eigenvalue weighted by atomic mass is 16.2. The van der Waals surface area contributed by atoms with E-state index in [9.17, 15) is 4.79 Å². The number of para-hydroxylation sites is 1. The number of fused-ring (bicyclic) bond motifs is 1. The van der Waals surface area contributed by atoms with Crippen molar-refractivity contribution in [2.75, 3.05) is 4.90 Å². The number of nitrogens with zero attached hydrogens (tertiary/aromatic N) is 1. The van der Waals surface area contributed by atoms with Gasteiger partial charge in [0.05, 0.1) is 5.54 Å². The molecule has 1 N–H and O–H groups in total. The van der Waals surface area contributed by atoms with Crippen LogP contribution in [0.5, 0.6) is 0 Å². The van der Waals surface area contributed by atoms with Crippen LogP contribution in [-0.2, 0) is 12.0 Å². The lowest BCUT2D eigenvalue weighted by atomic mass is 10.1. The number of hydrogen-bond donors (Lipinski definition) is 1. The molecule has 1 unspecified atom stereocenters. The van der Waals surface area contributed by atoms with Crippen molar-refractivity contribution in [2.24, 2.45) is 0 Å². The van der Waals surface area contributed by atoms with Crippen molar-refractivity contribution in [2.45, 2.75) is 37.8 Å². The number of nitrogens with one attached hydrogen (secondary N) is 1. The van der Waals surface area contributed by atoms with Crippen LogP contribution < -0.4 is 10.2 Å². The van der Waals surface area contributed by atoms with Gasteiger partial charge in [-0.05, 0) is 43.4 Å². The third kappa shape index (κ3) is 2.08. The molecule has 1 heterocycles. The fourth-order valence-electron chi connectivity index (χ4n) is 3.51. The molecule has 0 bridgehead atoms. The van der Waals surface area contributed by atoms with Gasteiger partial charge in [0.25, 0.3) is 0 Å². The summed E-state index contributed by atoms with van der Waals surface area (Å²) in [4.78, 5) is 14.8. The highest BCUT2D eigenvalue weighted by molar-refractivity contribution is 5.95. The molecule has 2 amide bonds. The second kappa shape index (κ2) is 4.87. The Hall–Kier alpha value is -2.29. The quantitative estimate of drug-likeness (QED) is 0.896. The molecule has 2 aromatic carbocycles. The summed E-state index contributed by atoms with van der Waals surface area (Å²) in [5.74, 6) is 0. The van der Waals surface area contributed by atoms with Crippen molar-refractivity contribution >= 4 is 11.7 Å². The second-order valence-corrected chi connectivity index (χ2v) is 6.43. The monoisotopic (exact) mass is 292 g/mol. The number of hydrogen-bond acceptors (Lipinski definition) is 1. The van der Waals surface area contributed by atoms with Gasteiger partial charge in [-0.1, -0.05) is 48.5 Å². The van der Waals surface area contributed by atoms with Gasteiger partial charge in [0.15, 0.2) is 0 Å². The summed E-state index contributed by atoms with van der Waals surface area (Å²) >= 11 is 0. The second-order valence-electron chi connectivity index (χ2n) is 6.43. The van der Waals surface area contributed by atoms with E-state index in [2.05, 4.69) is 30.4 Å². The van der Waals surface area contributed by atoms with Crippen molar-refractivity contribution in [3.63, 3.8) is 0 Å². The van der Waals surface area contributed by atoms with Crippen molar-refractivity contribution in [1.82, 2.24) is 5.32 Å². The Kier molecular flexibility index (Phi) is 2.96. The Morgan fingerprint density at radius 1 is 1.09 bits per heavy atom. The molecule has 1 aliphatic heterocycles. The van der Waals surface area contributed by atoms with E-state index < -0.39 is 0 Å². The van der Waals surface area contributed by atoms with Crippen molar-refractivity contribution in [1.29, 1.82) is 0 Å². The standard InChI is InChI=1S/C19H20N2O/c1-14-13-15-7-5-6-10-17(15)21(14)18(22)20-19(11-12-19)16-8-3-2-4-9-16/h2-10,14H,11-13H2,1H3,(H,20,22). The van der Waals surface area contributed by atoms with Gasteiger partial charge < -0.3 is 5.32 Å². The molecule has 3 nitrogen and oxygen atoms in total. The normalized spacial score (nSPS) is 21.3. The molecule has 112 valence electrons. The summed E-state index contributed by atoms with van der Waals surface area (Å²) in [6, 6.07) is 18.7. The number of rotatable bonds is 2. The zero-order chi connectivity index (χ0) is 15.2. The molecule has 2 aliphatic rings. The predicted octanol–water partition coefficient (Wildman–Crippen LogP) is 3.84. The fourth-order valence-corrected chi connectivity index (χ4v) is 3.51. The van der Waals surface area contributed by atoms with Gasteiger partial charge in [0.1, 0.15) is 0 Å². The summed E-state index contributed by atoms with van der Waals surface area (Å²) in [5.41, 5.74) is 3.37. The van der Waals surface area contributed by atoms with Crippen LogP contribution in [-0.4, -0.2) is 12.1 Å². The Bertz CT molecular complexity index is 706. The average Bonchev–Trinajstić information content (AvgIpc) is 3.23. The first-order valence-corrected chi connectivity index (χ1v) is 7.94. The number of urea groups is 1. The van der Waals surface area contributed by atoms with Gasteiger partial charge in [-0.15, -0.1) is 0 Å². The maximum Gasteiger partial charge on any atom is 0.322 e. The van der Waals surface area contributed by atoms with Gasteiger partial charge >= 0.3 is 6.03 Å². The smallest absolute Gasteiger partial charge is 0.322 e. The molecular formula is C19H20N2O. The molecule has 1 atom stereocenters. The predicted molar refractivity (Wildman–Crippen MR) is 88.0 cm³/mol. The van der Waals surface area contributed by atoms with E-state index in [1.54, 1.807) is 0 Å². The van der Waals surface area contributed by atoms with Gasteiger partial charge in [0, 0.05) is 11.7 Å². The Labute approximate surface area is 131 Å². The van der Waals surface area contributed by atoms with E-state index in [0.717, 1.165) is 24.9 Å². The van der Waals surface area contributed by atoms with E-state index in [1.807, 2.05) is 41.3 Å². The van der Waals surface area contributed by atoms with Crippen LogP contribution in [0.4, 0.5) is 10.5 Å². The maximum atomic E-state index is 12.9. The molecule has 1 saturated carbocycles. The molecule has 4 rings (SSSR count). The third-order valence-electron chi connectivity index (χ3n) is 4.85. The number of benzene rings is 2. The first-order valence-electron chi connectivity index (χ1n) is 7.94. The van der Waals surface area contributed by atoms with Crippen LogP contribution in [0, 0.1) is 0 Å². The lowest BCUT2D eigenvalue weighted by molar-refractivity contribution is 0.240. The fraction of sp³-hybridized carbons (Fsp3) is 0.316.